The topological polar surface area (TPSA) is 75.9 Å². The molecule has 0 radical (unpaired) electrons. The quantitative estimate of drug-likeness (QED) is 0.691. The number of hydrogen-bond acceptors (Lipinski definition) is 5. The summed E-state index contributed by atoms with van der Waals surface area (Å²) in [5.41, 5.74) is 2.48. The van der Waals surface area contributed by atoms with Crippen molar-refractivity contribution in [3.63, 3.8) is 0 Å². The molecule has 3 aromatic rings. The fourth-order valence-electron chi connectivity index (χ4n) is 2.62. The largest absolute Gasteiger partial charge is 0.334 e. The Morgan fingerprint density at radius 1 is 1.45 bits per heavy atom. The number of aryl methyl sites for hydroxylation is 1. The van der Waals surface area contributed by atoms with Crippen LogP contribution in [0.5, 0.6) is 0 Å². The van der Waals surface area contributed by atoms with Crippen molar-refractivity contribution in [1.29, 1.82) is 0 Å². The Bertz CT molecular complexity index is 962. The average molecular weight is 312 g/mol. The molecule has 2 amide bonds. The van der Waals surface area contributed by atoms with Gasteiger partial charge in [-0.05, 0) is 19.1 Å². The van der Waals surface area contributed by atoms with E-state index in [1.807, 2.05) is 19.2 Å². The minimum absolute atomic E-state index is 0.161. The Labute approximate surface area is 129 Å². The van der Waals surface area contributed by atoms with E-state index in [1.165, 1.54) is 11.3 Å². The van der Waals surface area contributed by atoms with Crippen LogP contribution >= 0.6 is 11.3 Å². The zero-order valence-electron chi connectivity index (χ0n) is 12.0. The molecular weight excluding hydrogens is 300 g/mol. The SMILES string of the molecule is CC#CC1CNC(=O)N1c1nc2c(ccc3nnn(C)c32)s1. The van der Waals surface area contributed by atoms with Gasteiger partial charge in [-0.3, -0.25) is 4.90 Å². The van der Waals surface area contributed by atoms with Crippen LogP contribution in [0.3, 0.4) is 0 Å². The maximum absolute atomic E-state index is 12.1. The van der Waals surface area contributed by atoms with Gasteiger partial charge in [0.2, 0.25) is 0 Å². The van der Waals surface area contributed by atoms with E-state index in [0.717, 1.165) is 21.3 Å². The van der Waals surface area contributed by atoms with Gasteiger partial charge in [-0.25, -0.2) is 14.5 Å². The third-order valence-corrected chi connectivity index (χ3v) is 4.63. The van der Waals surface area contributed by atoms with E-state index < -0.39 is 0 Å². The van der Waals surface area contributed by atoms with Crippen molar-refractivity contribution in [2.45, 2.75) is 13.0 Å². The van der Waals surface area contributed by atoms with Crippen molar-refractivity contribution < 1.29 is 4.79 Å². The Morgan fingerprint density at radius 2 is 2.32 bits per heavy atom. The number of benzene rings is 1. The van der Waals surface area contributed by atoms with Crippen molar-refractivity contribution in [3.05, 3.63) is 12.1 Å². The lowest BCUT2D eigenvalue weighted by molar-refractivity contribution is 0.252. The minimum atomic E-state index is -0.182. The zero-order chi connectivity index (χ0) is 15.3. The summed E-state index contributed by atoms with van der Waals surface area (Å²) >= 11 is 1.47. The van der Waals surface area contributed by atoms with Crippen LogP contribution in [0.4, 0.5) is 9.93 Å². The van der Waals surface area contributed by atoms with Crippen molar-refractivity contribution in [2.75, 3.05) is 11.4 Å². The Hall–Kier alpha value is -2.66. The molecule has 0 spiro atoms. The van der Waals surface area contributed by atoms with Crippen molar-refractivity contribution >= 4 is 43.7 Å². The molecule has 1 unspecified atom stereocenters. The molecule has 1 fully saturated rings. The standard InChI is InChI=1S/C14H12N6OS/c1-3-4-8-7-15-13(21)20(8)14-16-11-10(22-14)6-5-9-12(11)19(2)18-17-9/h5-6,8H,7H2,1-2H3,(H,15,21). The van der Waals surface area contributed by atoms with Crippen LogP contribution in [0.1, 0.15) is 6.92 Å². The number of anilines is 1. The van der Waals surface area contributed by atoms with Gasteiger partial charge in [-0.1, -0.05) is 22.5 Å². The van der Waals surface area contributed by atoms with Crippen molar-refractivity contribution in [2.24, 2.45) is 7.05 Å². The summed E-state index contributed by atoms with van der Waals surface area (Å²) in [6.07, 6.45) is 0. The number of nitrogens with one attached hydrogen (secondary N) is 1. The van der Waals surface area contributed by atoms with Gasteiger partial charge < -0.3 is 5.32 Å². The van der Waals surface area contributed by atoms with E-state index in [9.17, 15) is 4.79 Å². The second kappa shape index (κ2) is 4.68. The number of carbonyl (C=O) groups is 1. The molecule has 1 atom stereocenters. The Morgan fingerprint density at radius 3 is 3.14 bits per heavy atom. The first-order valence-electron chi connectivity index (χ1n) is 6.77. The Kier molecular flexibility index (Phi) is 2.77. The van der Waals surface area contributed by atoms with Crippen LogP contribution in [-0.4, -0.2) is 38.6 Å². The third-order valence-electron chi connectivity index (χ3n) is 3.61. The molecule has 8 heteroatoms. The normalized spacial score (nSPS) is 17.8. The zero-order valence-corrected chi connectivity index (χ0v) is 12.8. The fourth-order valence-corrected chi connectivity index (χ4v) is 3.64. The van der Waals surface area contributed by atoms with Crippen LogP contribution in [0.2, 0.25) is 0 Å². The highest BCUT2D eigenvalue weighted by atomic mass is 32.1. The molecule has 22 heavy (non-hydrogen) atoms. The molecule has 1 N–H and O–H groups in total. The highest BCUT2D eigenvalue weighted by Crippen LogP contribution is 2.34. The molecule has 1 aliphatic heterocycles. The van der Waals surface area contributed by atoms with E-state index in [1.54, 1.807) is 16.5 Å². The van der Waals surface area contributed by atoms with Crippen molar-refractivity contribution in [3.8, 4) is 11.8 Å². The van der Waals surface area contributed by atoms with Gasteiger partial charge in [-0.15, -0.1) is 11.0 Å². The van der Waals surface area contributed by atoms with Crippen LogP contribution < -0.4 is 10.2 Å². The molecule has 7 nitrogen and oxygen atoms in total. The molecular formula is C14H12N6OS. The number of nitrogens with zero attached hydrogens (tertiary/aromatic N) is 5. The molecule has 1 aromatic carbocycles. The molecule has 3 heterocycles. The number of aromatic nitrogens is 4. The van der Waals surface area contributed by atoms with Crippen LogP contribution in [0, 0.1) is 11.8 Å². The summed E-state index contributed by atoms with van der Waals surface area (Å²) in [4.78, 5) is 18.4. The van der Waals surface area contributed by atoms with E-state index in [2.05, 4.69) is 32.5 Å². The van der Waals surface area contributed by atoms with Gasteiger partial charge in [-0.2, -0.15) is 0 Å². The molecule has 110 valence electrons. The first kappa shape index (κ1) is 13.0. The molecule has 0 bridgehead atoms. The lowest BCUT2D eigenvalue weighted by atomic mass is 10.3. The maximum Gasteiger partial charge on any atom is 0.324 e. The molecule has 1 aliphatic rings. The van der Waals surface area contributed by atoms with Gasteiger partial charge in [0.15, 0.2) is 5.13 Å². The summed E-state index contributed by atoms with van der Waals surface area (Å²) in [6, 6.07) is 3.53. The number of hydrogen-bond donors (Lipinski definition) is 1. The fraction of sp³-hybridized carbons (Fsp3) is 0.286. The van der Waals surface area contributed by atoms with Crippen LogP contribution in [0.25, 0.3) is 21.3 Å². The monoisotopic (exact) mass is 312 g/mol. The number of amides is 2. The van der Waals surface area contributed by atoms with Gasteiger partial charge in [0.1, 0.15) is 22.6 Å². The van der Waals surface area contributed by atoms with Gasteiger partial charge in [0.05, 0.1) is 11.2 Å². The average Bonchev–Trinajstić information content (AvgIpc) is 3.16. The third kappa shape index (κ3) is 1.76. The predicted molar refractivity (Wildman–Crippen MR) is 84.8 cm³/mol. The smallest absolute Gasteiger partial charge is 0.324 e. The summed E-state index contributed by atoms with van der Waals surface area (Å²) in [6.45, 7) is 2.28. The molecule has 0 aliphatic carbocycles. The minimum Gasteiger partial charge on any atom is -0.334 e. The van der Waals surface area contributed by atoms with E-state index >= 15 is 0 Å². The highest BCUT2D eigenvalue weighted by molar-refractivity contribution is 7.22. The number of carbonyl (C=O) groups excluding carboxylic acids is 1. The van der Waals surface area contributed by atoms with Gasteiger partial charge in [0, 0.05) is 7.05 Å². The molecule has 4 rings (SSSR count). The second-order valence-electron chi connectivity index (χ2n) is 4.96. The van der Waals surface area contributed by atoms with E-state index in [-0.39, 0.29) is 12.1 Å². The van der Waals surface area contributed by atoms with Gasteiger partial charge >= 0.3 is 6.03 Å². The van der Waals surface area contributed by atoms with Crippen LogP contribution in [-0.2, 0) is 7.05 Å². The Balaban J connectivity index is 1.91. The summed E-state index contributed by atoms with van der Waals surface area (Å²) < 4.78 is 2.70. The lowest BCUT2D eigenvalue weighted by Gasteiger charge is -2.14. The number of urea groups is 1. The lowest BCUT2D eigenvalue weighted by Crippen LogP contribution is -2.33. The first-order valence-corrected chi connectivity index (χ1v) is 7.59. The van der Waals surface area contributed by atoms with Crippen molar-refractivity contribution in [1.82, 2.24) is 25.3 Å². The number of fused-ring (bicyclic) bond motifs is 3. The first-order chi connectivity index (χ1) is 10.7. The summed E-state index contributed by atoms with van der Waals surface area (Å²) in [7, 11) is 1.84. The van der Waals surface area contributed by atoms with E-state index in [4.69, 9.17) is 0 Å². The summed E-state index contributed by atoms with van der Waals surface area (Å²) in [5, 5.41) is 11.6. The van der Waals surface area contributed by atoms with E-state index in [0.29, 0.717) is 11.7 Å². The van der Waals surface area contributed by atoms with Gasteiger partial charge in [0.25, 0.3) is 0 Å². The maximum atomic E-state index is 12.1. The number of rotatable bonds is 1. The van der Waals surface area contributed by atoms with Crippen LogP contribution in [0.15, 0.2) is 12.1 Å². The predicted octanol–water partition coefficient (Wildman–Crippen LogP) is 1.50. The molecule has 0 saturated carbocycles. The second-order valence-corrected chi connectivity index (χ2v) is 5.96. The summed E-state index contributed by atoms with van der Waals surface area (Å²) in [5.74, 6) is 5.91. The number of thiazole rings is 1. The molecule has 1 saturated heterocycles. The molecule has 2 aromatic heterocycles. The highest BCUT2D eigenvalue weighted by Gasteiger charge is 2.33.